The van der Waals surface area contributed by atoms with Crippen molar-refractivity contribution in [2.75, 3.05) is 27.9 Å². The average Bonchev–Trinajstić information content (AvgIpc) is 2.65. The van der Waals surface area contributed by atoms with E-state index in [9.17, 15) is 10.2 Å². The van der Waals surface area contributed by atoms with Gasteiger partial charge in [-0.25, -0.2) is 0 Å². The van der Waals surface area contributed by atoms with E-state index in [0.717, 1.165) is 41.6 Å². The Bertz CT molecular complexity index is 864. The van der Waals surface area contributed by atoms with Crippen LogP contribution >= 0.6 is 0 Å². The third-order valence-corrected chi connectivity index (χ3v) is 5.53. The first-order valence-corrected chi connectivity index (χ1v) is 8.67. The summed E-state index contributed by atoms with van der Waals surface area (Å²) in [4.78, 5) is 2.32. The van der Waals surface area contributed by atoms with Crippen LogP contribution < -0.4 is 14.2 Å². The van der Waals surface area contributed by atoms with Crippen LogP contribution in [0.1, 0.15) is 28.3 Å². The van der Waals surface area contributed by atoms with Gasteiger partial charge in [0, 0.05) is 30.3 Å². The molecule has 6 heteroatoms. The molecule has 0 spiro atoms. The highest BCUT2D eigenvalue weighted by atomic mass is 16.5. The van der Waals surface area contributed by atoms with Gasteiger partial charge in [0.2, 0.25) is 5.75 Å². The molecule has 2 aromatic rings. The summed E-state index contributed by atoms with van der Waals surface area (Å²) in [7, 11) is 4.69. The molecular weight excluding hydrogens is 334 g/mol. The number of phenolic OH excluding ortho intramolecular Hbond substituents is 2. The van der Waals surface area contributed by atoms with Crippen LogP contribution in [0.5, 0.6) is 28.7 Å². The largest absolute Gasteiger partial charge is 0.504 e. The molecule has 2 aliphatic rings. The van der Waals surface area contributed by atoms with E-state index in [0.29, 0.717) is 23.8 Å². The highest BCUT2D eigenvalue weighted by Crippen LogP contribution is 2.50. The minimum Gasteiger partial charge on any atom is -0.504 e. The van der Waals surface area contributed by atoms with Crippen LogP contribution in [-0.4, -0.2) is 43.0 Å². The third kappa shape index (κ3) is 2.36. The number of rotatable bonds is 3. The van der Waals surface area contributed by atoms with Crippen molar-refractivity contribution in [3.63, 3.8) is 0 Å². The number of hydrogen-bond acceptors (Lipinski definition) is 6. The molecule has 2 N–H and O–H groups in total. The summed E-state index contributed by atoms with van der Waals surface area (Å²) in [5, 5.41) is 21.0. The molecule has 4 rings (SSSR count). The Morgan fingerprint density at radius 2 is 1.77 bits per heavy atom. The Hall–Kier alpha value is -2.60. The number of nitrogens with zero attached hydrogens (tertiary/aromatic N) is 1. The molecular formula is C20H23NO5. The maximum atomic E-state index is 10.9. The lowest BCUT2D eigenvalue weighted by Crippen LogP contribution is -2.39. The van der Waals surface area contributed by atoms with Crippen molar-refractivity contribution in [3.05, 3.63) is 40.5 Å². The first kappa shape index (κ1) is 16.8. The molecule has 0 saturated heterocycles. The predicted molar refractivity (Wildman–Crippen MR) is 96.4 cm³/mol. The zero-order valence-electron chi connectivity index (χ0n) is 15.2. The molecule has 2 aromatic carbocycles. The molecule has 0 aliphatic carbocycles. The molecule has 26 heavy (non-hydrogen) atoms. The molecule has 0 amide bonds. The number of ether oxygens (including phenoxy) is 3. The number of methoxy groups -OCH3 is 3. The van der Waals surface area contributed by atoms with Gasteiger partial charge in [-0.3, -0.25) is 4.90 Å². The molecule has 0 radical (unpaired) electrons. The van der Waals surface area contributed by atoms with Crippen LogP contribution in [0.25, 0.3) is 0 Å². The van der Waals surface area contributed by atoms with Crippen LogP contribution in [0.2, 0.25) is 0 Å². The highest BCUT2D eigenvalue weighted by molar-refractivity contribution is 5.61. The van der Waals surface area contributed by atoms with Crippen molar-refractivity contribution >= 4 is 0 Å². The number of aromatic hydroxyl groups is 2. The minimum absolute atomic E-state index is 0.0558. The maximum absolute atomic E-state index is 10.9. The molecule has 2 heterocycles. The first-order chi connectivity index (χ1) is 12.6. The summed E-state index contributed by atoms with van der Waals surface area (Å²) < 4.78 is 16.2. The lowest BCUT2D eigenvalue weighted by molar-refractivity contribution is 0.153. The second-order valence-electron chi connectivity index (χ2n) is 6.73. The molecule has 0 unspecified atom stereocenters. The Kier molecular flexibility index (Phi) is 4.07. The van der Waals surface area contributed by atoms with Gasteiger partial charge in [0.05, 0.1) is 21.3 Å². The Balaban J connectivity index is 1.82. The van der Waals surface area contributed by atoms with Crippen molar-refractivity contribution in [1.82, 2.24) is 4.90 Å². The highest BCUT2D eigenvalue weighted by Gasteiger charge is 2.37. The van der Waals surface area contributed by atoms with Gasteiger partial charge in [-0.2, -0.15) is 0 Å². The fourth-order valence-electron chi connectivity index (χ4n) is 4.30. The van der Waals surface area contributed by atoms with E-state index in [2.05, 4.69) is 4.90 Å². The van der Waals surface area contributed by atoms with Gasteiger partial charge >= 0.3 is 0 Å². The molecule has 0 fully saturated rings. The van der Waals surface area contributed by atoms with E-state index >= 15 is 0 Å². The number of phenols is 2. The van der Waals surface area contributed by atoms with Crippen LogP contribution in [0.4, 0.5) is 0 Å². The van der Waals surface area contributed by atoms with Gasteiger partial charge in [-0.05, 0) is 36.1 Å². The zero-order valence-corrected chi connectivity index (χ0v) is 15.2. The number of hydrogen-bond donors (Lipinski definition) is 2. The van der Waals surface area contributed by atoms with Crippen LogP contribution in [0.3, 0.4) is 0 Å². The quantitative estimate of drug-likeness (QED) is 0.880. The SMILES string of the molecule is COc1cc2c(c(O)c1OC)[C@H]1Cc3ccc(O)c(OC)c3CN1CC2. The average molecular weight is 357 g/mol. The van der Waals surface area contributed by atoms with Crippen molar-refractivity contribution in [3.8, 4) is 28.7 Å². The number of benzene rings is 2. The van der Waals surface area contributed by atoms with Gasteiger partial charge in [0.25, 0.3) is 0 Å². The van der Waals surface area contributed by atoms with Crippen LogP contribution in [0, 0.1) is 0 Å². The van der Waals surface area contributed by atoms with Gasteiger partial charge in [0.1, 0.15) is 0 Å². The van der Waals surface area contributed by atoms with Crippen molar-refractivity contribution in [1.29, 1.82) is 0 Å². The van der Waals surface area contributed by atoms with Crippen molar-refractivity contribution < 1.29 is 24.4 Å². The second-order valence-corrected chi connectivity index (χ2v) is 6.73. The summed E-state index contributed by atoms with van der Waals surface area (Å²) in [6, 6.07) is 5.64. The Labute approximate surface area is 152 Å². The fraction of sp³-hybridized carbons (Fsp3) is 0.400. The molecule has 0 aromatic heterocycles. The van der Waals surface area contributed by atoms with Gasteiger partial charge in [-0.15, -0.1) is 0 Å². The molecule has 0 saturated carbocycles. The Morgan fingerprint density at radius 1 is 1.00 bits per heavy atom. The molecule has 138 valence electrons. The zero-order chi connectivity index (χ0) is 18.4. The van der Waals surface area contributed by atoms with E-state index in [4.69, 9.17) is 14.2 Å². The summed E-state index contributed by atoms with van der Waals surface area (Å²) in [6.45, 7) is 1.54. The predicted octanol–water partition coefficient (Wildman–Crippen LogP) is 2.78. The first-order valence-electron chi connectivity index (χ1n) is 8.67. The van der Waals surface area contributed by atoms with Crippen LogP contribution in [-0.2, 0) is 19.4 Å². The van der Waals surface area contributed by atoms with E-state index in [1.54, 1.807) is 20.3 Å². The molecule has 1 atom stereocenters. The second kappa shape index (κ2) is 6.29. The lowest BCUT2D eigenvalue weighted by atomic mass is 9.83. The lowest BCUT2D eigenvalue weighted by Gasteiger charge is -2.42. The maximum Gasteiger partial charge on any atom is 0.203 e. The fourth-order valence-corrected chi connectivity index (χ4v) is 4.30. The molecule has 0 bridgehead atoms. The normalized spacial score (nSPS) is 18.5. The van der Waals surface area contributed by atoms with Crippen molar-refractivity contribution in [2.45, 2.75) is 25.4 Å². The smallest absolute Gasteiger partial charge is 0.203 e. The topological polar surface area (TPSA) is 71.4 Å². The van der Waals surface area contributed by atoms with E-state index < -0.39 is 0 Å². The minimum atomic E-state index is 0.0558. The van der Waals surface area contributed by atoms with E-state index in [1.165, 1.54) is 7.11 Å². The standard InChI is InChI=1S/C20H23NO5/c1-24-16-9-12-6-7-21-10-13-11(4-5-15(22)19(13)25-2)8-14(21)17(12)18(23)20(16)26-3/h4-5,9,14,22-23H,6-8,10H2,1-3H3/t14-/m1/s1. The number of fused-ring (bicyclic) bond motifs is 4. The molecule has 2 aliphatic heterocycles. The van der Waals surface area contributed by atoms with Gasteiger partial charge < -0.3 is 24.4 Å². The monoisotopic (exact) mass is 357 g/mol. The van der Waals surface area contributed by atoms with E-state index in [1.807, 2.05) is 12.1 Å². The van der Waals surface area contributed by atoms with Crippen molar-refractivity contribution in [2.24, 2.45) is 0 Å². The van der Waals surface area contributed by atoms with Crippen LogP contribution in [0.15, 0.2) is 18.2 Å². The van der Waals surface area contributed by atoms with Gasteiger partial charge in [0.15, 0.2) is 23.0 Å². The van der Waals surface area contributed by atoms with E-state index in [-0.39, 0.29) is 17.5 Å². The summed E-state index contributed by atoms with van der Waals surface area (Å²) in [6.07, 6.45) is 1.55. The summed E-state index contributed by atoms with van der Waals surface area (Å²) >= 11 is 0. The third-order valence-electron chi connectivity index (χ3n) is 5.53. The van der Waals surface area contributed by atoms with Gasteiger partial charge in [-0.1, -0.05) is 6.07 Å². The molecule has 6 nitrogen and oxygen atoms in total. The summed E-state index contributed by atoms with van der Waals surface area (Å²) in [5.41, 5.74) is 4.15. The summed E-state index contributed by atoms with van der Waals surface area (Å²) in [5.74, 6) is 1.80. The Morgan fingerprint density at radius 3 is 2.46 bits per heavy atom.